The van der Waals surface area contributed by atoms with E-state index in [1.807, 2.05) is 0 Å². The van der Waals surface area contributed by atoms with Crippen molar-refractivity contribution in [2.45, 2.75) is 31.2 Å². The molecule has 0 saturated heterocycles. The topological polar surface area (TPSA) is 65.5 Å². The number of carboxylic acid groups (broad SMARTS) is 1. The number of anilines is 1. The highest BCUT2D eigenvalue weighted by Gasteiger charge is 2.28. The number of carboxylic acids is 1. The van der Waals surface area contributed by atoms with Crippen LogP contribution in [0, 0.1) is 0 Å². The first-order valence-electron chi connectivity index (χ1n) is 11.0. The number of pyridine rings is 1. The fourth-order valence-electron chi connectivity index (χ4n) is 4.71. The molecule has 2 aliphatic rings. The fourth-order valence-corrected chi connectivity index (χ4v) is 4.71. The molecule has 0 amide bonds. The van der Waals surface area contributed by atoms with Gasteiger partial charge < -0.3 is 10.4 Å². The van der Waals surface area contributed by atoms with Crippen LogP contribution in [-0.4, -0.2) is 41.1 Å². The molecular formula is C26H27N3O2. The van der Waals surface area contributed by atoms with Crippen LogP contribution in [0.4, 0.5) is 5.69 Å². The van der Waals surface area contributed by atoms with Crippen LogP contribution in [0.2, 0.25) is 0 Å². The molecule has 2 aromatic carbocycles. The lowest BCUT2D eigenvalue weighted by Gasteiger charge is -2.35. The molecule has 1 unspecified atom stereocenters. The van der Waals surface area contributed by atoms with Gasteiger partial charge in [-0.05, 0) is 66.1 Å². The number of aromatic carboxylic acids is 1. The third-order valence-electron chi connectivity index (χ3n) is 6.59. The summed E-state index contributed by atoms with van der Waals surface area (Å²) in [5.74, 6) is -0.223. The van der Waals surface area contributed by atoms with Gasteiger partial charge in [0.1, 0.15) is 0 Å². The smallest absolute Gasteiger partial charge is 0.337 e. The Morgan fingerprint density at radius 3 is 2.81 bits per heavy atom. The molecule has 1 aliphatic carbocycles. The number of benzene rings is 2. The monoisotopic (exact) mass is 413 g/mol. The van der Waals surface area contributed by atoms with Crippen molar-refractivity contribution in [1.29, 1.82) is 0 Å². The van der Waals surface area contributed by atoms with Gasteiger partial charge in [0.05, 0.1) is 23.5 Å². The van der Waals surface area contributed by atoms with Crippen molar-refractivity contribution in [1.82, 2.24) is 9.88 Å². The van der Waals surface area contributed by atoms with Gasteiger partial charge in [0.25, 0.3) is 0 Å². The molecule has 1 aromatic heterocycles. The van der Waals surface area contributed by atoms with Crippen molar-refractivity contribution < 1.29 is 9.90 Å². The normalized spacial score (nSPS) is 18.4. The molecule has 1 atom stereocenters. The third kappa shape index (κ3) is 3.93. The average molecular weight is 414 g/mol. The predicted molar refractivity (Wildman–Crippen MR) is 123 cm³/mol. The molecule has 5 heteroatoms. The number of likely N-dealkylation sites (N-methyl/N-ethyl adjacent to an activating group) is 1. The van der Waals surface area contributed by atoms with E-state index >= 15 is 0 Å². The van der Waals surface area contributed by atoms with Crippen molar-refractivity contribution in [3.8, 4) is 11.1 Å². The number of carbonyl (C=O) groups is 1. The molecule has 1 aliphatic heterocycles. The largest absolute Gasteiger partial charge is 0.478 e. The van der Waals surface area contributed by atoms with Gasteiger partial charge in [0.2, 0.25) is 0 Å². The Morgan fingerprint density at radius 2 is 2.00 bits per heavy atom. The van der Waals surface area contributed by atoms with Crippen LogP contribution in [0.15, 0.2) is 60.9 Å². The minimum Gasteiger partial charge on any atom is -0.478 e. The molecule has 31 heavy (non-hydrogen) atoms. The number of nitrogens with zero attached hydrogens (tertiary/aromatic N) is 2. The van der Waals surface area contributed by atoms with E-state index in [2.05, 4.69) is 64.7 Å². The zero-order chi connectivity index (χ0) is 21.4. The SMILES string of the molecule is CN1CCc2cc(-c3ccccc3C3CC3)ccc2C1CNc1cnccc1C(=O)O. The highest BCUT2D eigenvalue weighted by Crippen LogP contribution is 2.45. The van der Waals surface area contributed by atoms with Crippen LogP contribution in [-0.2, 0) is 6.42 Å². The maximum atomic E-state index is 11.5. The number of aromatic nitrogens is 1. The molecule has 1 fully saturated rings. The molecule has 0 bridgehead atoms. The Balaban J connectivity index is 1.42. The minimum absolute atomic E-state index is 0.179. The third-order valence-corrected chi connectivity index (χ3v) is 6.59. The van der Waals surface area contributed by atoms with E-state index in [1.165, 1.54) is 52.9 Å². The molecule has 158 valence electrons. The quantitative estimate of drug-likeness (QED) is 0.598. The number of fused-ring (bicyclic) bond motifs is 1. The summed E-state index contributed by atoms with van der Waals surface area (Å²) < 4.78 is 0. The van der Waals surface area contributed by atoms with E-state index in [4.69, 9.17) is 0 Å². The van der Waals surface area contributed by atoms with Crippen LogP contribution in [0.5, 0.6) is 0 Å². The van der Waals surface area contributed by atoms with Gasteiger partial charge in [-0.25, -0.2) is 4.79 Å². The lowest BCUT2D eigenvalue weighted by Crippen LogP contribution is -2.36. The molecule has 0 spiro atoms. The van der Waals surface area contributed by atoms with Crippen molar-refractivity contribution in [3.05, 3.63) is 83.2 Å². The Kier molecular flexibility index (Phi) is 5.20. The highest BCUT2D eigenvalue weighted by atomic mass is 16.4. The first-order valence-corrected chi connectivity index (χ1v) is 11.0. The zero-order valence-corrected chi connectivity index (χ0v) is 17.7. The summed E-state index contributed by atoms with van der Waals surface area (Å²) >= 11 is 0. The first kappa shape index (κ1) is 19.8. The van der Waals surface area contributed by atoms with Crippen LogP contribution in [0.25, 0.3) is 11.1 Å². The molecule has 3 aromatic rings. The summed E-state index contributed by atoms with van der Waals surface area (Å²) in [7, 11) is 2.13. The second-order valence-corrected chi connectivity index (χ2v) is 8.63. The van der Waals surface area contributed by atoms with Crippen molar-refractivity contribution in [3.63, 3.8) is 0 Å². The maximum Gasteiger partial charge on any atom is 0.337 e. The van der Waals surface area contributed by atoms with Crippen LogP contribution in [0.3, 0.4) is 0 Å². The number of hydrogen-bond acceptors (Lipinski definition) is 4. The van der Waals surface area contributed by atoms with Crippen molar-refractivity contribution >= 4 is 11.7 Å². The molecule has 2 N–H and O–H groups in total. The fraction of sp³-hybridized carbons (Fsp3) is 0.308. The van der Waals surface area contributed by atoms with E-state index in [0.29, 0.717) is 12.2 Å². The predicted octanol–water partition coefficient (Wildman–Crippen LogP) is 4.97. The van der Waals surface area contributed by atoms with E-state index in [0.717, 1.165) is 18.9 Å². The molecule has 5 nitrogen and oxygen atoms in total. The van der Waals surface area contributed by atoms with Crippen LogP contribution in [0.1, 0.15) is 51.8 Å². The Labute approximate surface area is 182 Å². The second-order valence-electron chi connectivity index (χ2n) is 8.63. The van der Waals surface area contributed by atoms with Crippen molar-refractivity contribution in [2.24, 2.45) is 0 Å². The summed E-state index contributed by atoms with van der Waals surface area (Å²) in [4.78, 5) is 17.9. The lowest BCUT2D eigenvalue weighted by atomic mass is 9.88. The molecule has 1 saturated carbocycles. The Bertz CT molecular complexity index is 1120. The molecule has 5 rings (SSSR count). The second kappa shape index (κ2) is 8.16. The van der Waals surface area contributed by atoms with Gasteiger partial charge >= 0.3 is 5.97 Å². The summed E-state index contributed by atoms with van der Waals surface area (Å²) in [6.45, 7) is 1.61. The van der Waals surface area contributed by atoms with Gasteiger partial charge in [-0.15, -0.1) is 0 Å². The average Bonchev–Trinajstić information content (AvgIpc) is 3.64. The first-order chi connectivity index (χ1) is 15.1. The Hall–Kier alpha value is -3.18. The number of nitrogens with one attached hydrogen (secondary N) is 1. The van der Waals surface area contributed by atoms with Crippen LogP contribution < -0.4 is 5.32 Å². The van der Waals surface area contributed by atoms with E-state index in [9.17, 15) is 9.90 Å². The number of rotatable bonds is 6. The van der Waals surface area contributed by atoms with E-state index in [-0.39, 0.29) is 11.6 Å². The molecule has 2 heterocycles. The standard InChI is InChI=1S/C26H27N3O2/c1-29-13-11-19-14-18(21-5-3-2-4-20(21)17-6-7-17)8-9-22(19)25(29)16-28-24-15-27-12-10-23(24)26(30)31/h2-5,8-10,12,14-15,17,25,28H,6-7,11,13,16H2,1H3,(H,30,31). The Morgan fingerprint density at radius 1 is 1.16 bits per heavy atom. The van der Waals surface area contributed by atoms with Gasteiger partial charge in [-0.2, -0.15) is 0 Å². The summed E-state index contributed by atoms with van der Waals surface area (Å²) in [6, 6.07) is 17.4. The van der Waals surface area contributed by atoms with Gasteiger partial charge in [0, 0.05) is 19.3 Å². The van der Waals surface area contributed by atoms with E-state index < -0.39 is 5.97 Å². The van der Waals surface area contributed by atoms with Gasteiger partial charge in [-0.1, -0.05) is 42.5 Å². The van der Waals surface area contributed by atoms with Gasteiger partial charge in [0.15, 0.2) is 0 Å². The summed E-state index contributed by atoms with van der Waals surface area (Å²) in [5.41, 5.74) is 7.66. The summed E-state index contributed by atoms with van der Waals surface area (Å²) in [6.07, 6.45) is 6.72. The summed E-state index contributed by atoms with van der Waals surface area (Å²) in [5, 5.41) is 12.8. The maximum absolute atomic E-state index is 11.5. The van der Waals surface area contributed by atoms with Crippen molar-refractivity contribution in [2.75, 3.05) is 25.5 Å². The molecule has 0 radical (unpaired) electrons. The van der Waals surface area contributed by atoms with Crippen LogP contribution >= 0.6 is 0 Å². The minimum atomic E-state index is -0.943. The lowest BCUT2D eigenvalue weighted by molar-refractivity contribution is 0.0697. The zero-order valence-electron chi connectivity index (χ0n) is 17.7. The van der Waals surface area contributed by atoms with Gasteiger partial charge in [-0.3, -0.25) is 9.88 Å². The van der Waals surface area contributed by atoms with E-state index in [1.54, 1.807) is 6.20 Å². The number of hydrogen-bond donors (Lipinski definition) is 2. The highest BCUT2D eigenvalue weighted by molar-refractivity contribution is 5.93. The molecular weight excluding hydrogens is 386 g/mol.